The Kier molecular flexibility index (Phi) is 3.70. The standard InChI is InChI=1S/C17H13ClN6O/c1-10-19-15(23-24(10)12-8-6-11(18)7-9-12)16(25)22-17-20-13-4-2-3-5-14(13)21-17/h2-9H,1H3,(H2,20,21,22,25). The Morgan fingerprint density at radius 1 is 1.12 bits per heavy atom. The number of amides is 1. The van der Waals surface area contributed by atoms with Gasteiger partial charge in [-0.15, -0.1) is 5.10 Å². The fraction of sp³-hybridized carbons (Fsp3) is 0.0588. The monoisotopic (exact) mass is 352 g/mol. The van der Waals surface area contributed by atoms with Crippen LogP contribution in [0.5, 0.6) is 0 Å². The molecule has 0 aliphatic rings. The zero-order valence-corrected chi connectivity index (χ0v) is 13.9. The first-order valence-electron chi connectivity index (χ1n) is 7.56. The number of rotatable bonds is 3. The summed E-state index contributed by atoms with van der Waals surface area (Å²) in [7, 11) is 0. The van der Waals surface area contributed by atoms with Crippen LogP contribution in [0.15, 0.2) is 48.5 Å². The Bertz CT molecular complexity index is 1030. The minimum absolute atomic E-state index is 0.0629. The lowest BCUT2D eigenvalue weighted by molar-refractivity contribution is 0.101. The Morgan fingerprint density at radius 2 is 1.88 bits per heavy atom. The molecule has 0 aliphatic carbocycles. The lowest BCUT2D eigenvalue weighted by atomic mass is 10.3. The Hall–Kier alpha value is -3.19. The molecular formula is C17H13ClN6O. The zero-order chi connectivity index (χ0) is 17.4. The van der Waals surface area contributed by atoms with Crippen molar-refractivity contribution < 1.29 is 4.79 Å². The summed E-state index contributed by atoms with van der Waals surface area (Å²) in [5.41, 5.74) is 2.39. The van der Waals surface area contributed by atoms with Crippen LogP contribution in [0, 0.1) is 6.92 Å². The van der Waals surface area contributed by atoms with Gasteiger partial charge in [0.05, 0.1) is 16.7 Å². The van der Waals surface area contributed by atoms with E-state index in [9.17, 15) is 4.79 Å². The summed E-state index contributed by atoms with van der Waals surface area (Å²) in [5.74, 6) is 0.576. The maximum absolute atomic E-state index is 12.4. The lowest BCUT2D eigenvalue weighted by Crippen LogP contribution is -2.15. The minimum atomic E-state index is -0.435. The number of carbonyl (C=O) groups is 1. The second-order valence-electron chi connectivity index (χ2n) is 5.43. The Labute approximate surface area is 147 Å². The molecule has 8 heteroatoms. The van der Waals surface area contributed by atoms with Crippen molar-refractivity contribution in [2.24, 2.45) is 0 Å². The number of imidazole rings is 1. The number of para-hydroxylation sites is 2. The van der Waals surface area contributed by atoms with Gasteiger partial charge in [0, 0.05) is 5.02 Å². The first-order chi connectivity index (χ1) is 12.1. The first-order valence-corrected chi connectivity index (χ1v) is 7.94. The molecule has 0 saturated heterocycles. The number of aromatic amines is 1. The maximum atomic E-state index is 12.4. The van der Waals surface area contributed by atoms with Crippen LogP contribution < -0.4 is 5.32 Å². The number of H-pyrrole nitrogens is 1. The van der Waals surface area contributed by atoms with Gasteiger partial charge in [-0.2, -0.15) is 0 Å². The summed E-state index contributed by atoms with van der Waals surface area (Å²) in [6, 6.07) is 14.7. The number of fused-ring (bicyclic) bond motifs is 1. The third-order valence-corrected chi connectivity index (χ3v) is 3.92. The van der Waals surface area contributed by atoms with E-state index in [1.165, 1.54) is 0 Å². The van der Waals surface area contributed by atoms with Gasteiger partial charge < -0.3 is 4.98 Å². The summed E-state index contributed by atoms with van der Waals surface area (Å²) in [4.78, 5) is 24.0. The number of halogens is 1. The van der Waals surface area contributed by atoms with Crippen molar-refractivity contribution in [1.82, 2.24) is 24.7 Å². The van der Waals surface area contributed by atoms with Crippen LogP contribution in [0.2, 0.25) is 5.02 Å². The average molecular weight is 353 g/mol. The number of hydrogen-bond acceptors (Lipinski definition) is 4. The van der Waals surface area contributed by atoms with E-state index in [4.69, 9.17) is 11.6 Å². The summed E-state index contributed by atoms with van der Waals surface area (Å²) < 4.78 is 1.59. The molecule has 4 aromatic rings. The van der Waals surface area contributed by atoms with Gasteiger partial charge in [0.1, 0.15) is 5.82 Å². The van der Waals surface area contributed by atoms with E-state index in [0.29, 0.717) is 16.8 Å². The van der Waals surface area contributed by atoms with Crippen LogP contribution in [0.3, 0.4) is 0 Å². The van der Waals surface area contributed by atoms with Crippen molar-refractivity contribution in [2.75, 3.05) is 5.32 Å². The smallest absolute Gasteiger partial charge is 0.297 e. The quantitative estimate of drug-likeness (QED) is 0.591. The highest BCUT2D eigenvalue weighted by molar-refractivity contribution is 6.30. The molecule has 4 rings (SSSR count). The molecule has 124 valence electrons. The number of anilines is 1. The molecule has 2 aromatic carbocycles. The molecule has 0 bridgehead atoms. The van der Waals surface area contributed by atoms with Crippen molar-refractivity contribution in [3.63, 3.8) is 0 Å². The van der Waals surface area contributed by atoms with E-state index < -0.39 is 5.91 Å². The van der Waals surface area contributed by atoms with E-state index in [-0.39, 0.29) is 5.82 Å². The molecule has 1 amide bonds. The maximum Gasteiger partial charge on any atom is 0.297 e. The fourth-order valence-corrected chi connectivity index (χ4v) is 2.61. The number of carbonyl (C=O) groups excluding carboxylic acids is 1. The van der Waals surface area contributed by atoms with Crippen LogP contribution >= 0.6 is 11.6 Å². The number of aromatic nitrogens is 5. The van der Waals surface area contributed by atoms with Crippen molar-refractivity contribution in [3.05, 3.63) is 65.2 Å². The van der Waals surface area contributed by atoms with Gasteiger partial charge >= 0.3 is 0 Å². The molecule has 0 fully saturated rings. The van der Waals surface area contributed by atoms with E-state index in [2.05, 4.69) is 25.4 Å². The Morgan fingerprint density at radius 3 is 2.64 bits per heavy atom. The minimum Gasteiger partial charge on any atom is -0.324 e. The molecule has 0 atom stereocenters. The largest absolute Gasteiger partial charge is 0.324 e. The molecule has 0 saturated carbocycles. The van der Waals surface area contributed by atoms with Gasteiger partial charge in [0.15, 0.2) is 0 Å². The van der Waals surface area contributed by atoms with Crippen LogP contribution in [-0.2, 0) is 0 Å². The summed E-state index contributed by atoms with van der Waals surface area (Å²) in [6.07, 6.45) is 0. The Balaban J connectivity index is 1.60. The van der Waals surface area contributed by atoms with Crippen molar-refractivity contribution in [2.45, 2.75) is 6.92 Å². The zero-order valence-electron chi connectivity index (χ0n) is 13.2. The van der Waals surface area contributed by atoms with Crippen LogP contribution in [0.4, 0.5) is 5.95 Å². The predicted octanol–water partition coefficient (Wildman–Crippen LogP) is 3.36. The van der Waals surface area contributed by atoms with E-state index in [0.717, 1.165) is 16.7 Å². The van der Waals surface area contributed by atoms with Crippen LogP contribution in [0.25, 0.3) is 16.7 Å². The van der Waals surface area contributed by atoms with Gasteiger partial charge in [-0.1, -0.05) is 23.7 Å². The normalized spacial score (nSPS) is 11.0. The molecule has 2 aromatic heterocycles. The summed E-state index contributed by atoms with van der Waals surface area (Å²) in [5, 5.41) is 7.58. The van der Waals surface area contributed by atoms with Crippen LogP contribution in [0.1, 0.15) is 16.4 Å². The second kappa shape index (κ2) is 6.03. The first kappa shape index (κ1) is 15.3. The lowest BCUT2D eigenvalue weighted by Gasteiger charge is -2.02. The highest BCUT2D eigenvalue weighted by Gasteiger charge is 2.16. The molecular weight excluding hydrogens is 340 g/mol. The van der Waals surface area contributed by atoms with Crippen LogP contribution in [-0.4, -0.2) is 30.6 Å². The molecule has 7 nitrogen and oxygen atoms in total. The predicted molar refractivity (Wildman–Crippen MR) is 95.2 cm³/mol. The molecule has 0 unspecified atom stereocenters. The van der Waals surface area contributed by atoms with Gasteiger partial charge in [0.2, 0.25) is 11.8 Å². The van der Waals surface area contributed by atoms with Crippen molar-refractivity contribution >= 4 is 34.5 Å². The topological polar surface area (TPSA) is 88.5 Å². The number of benzene rings is 2. The molecule has 0 spiro atoms. The third kappa shape index (κ3) is 2.97. The number of aryl methyl sites for hydroxylation is 1. The van der Waals surface area contributed by atoms with Gasteiger partial charge in [-0.05, 0) is 43.3 Å². The third-order valence-electron chi connectivity index (χ3n) is 3.66. The van der Waals surface area contributed by atoms with E-state index >= 15 is 0 Å². The van der Waals surface area contributed by atoms with E-state index in [1.807, 2.05) is 36.4 Å². The van der Waals surface area contributed by atoms with Crippen molar-refractivity contribution in [1.29, 1.82) is 0 Å². The summed E-state index contributed by atoms with van der Waals surface area (Å²) in [6.45, 7) is 1.78. The highest BCUT2D eigenvalue weighted by atomic mass is 35.5. The average Bonchev–Trinajstić information content (AvgIpc) is 3.18. The number of hydrogen-bond donors (Lipinski definition) is 2. The molecule has 25 heavy (non-hydrogen) atoms. The second-order valence-corrected chi connectivity index (χ2v) is 5.86. The molecule has 0 radical (unpaired) electrons. The molecule has 2 heterocycles. The highest BCUT2D eigenvalue weighted by Crippen LogP contribution is 2.16. The summed E-state index contributed by atoms with van der Waals surface area (Å²) >= 11 is 5.90. The van der Waals surface area contributed by atoms with Crippen molar-refractivity contribution in [3.8, 4) is 5.69 Å². The number of nitrogens with zero attached hydrogens (tertiary/aromatic N) is 4. The van der Waals surface area contributed by atoms with Gasteiger partial charge in [-0.3, -0.25) is 10.1 Å². The van der Waals surface area contributed by atoms with Gasteiger partial charge in [0.25, 0.3) is 5.91 Å². The molecule has 2 N–H and O–H groups in total. The fourth-order valence-electron chi connectivity index (χ4n) is 2.49. The molecule has 0 aliphatic heterocycles. The SMILES string of the molecule is Cc1nc(C(=O)Nc2nc3ccccc3[nH]2)nn1-c1ccc(Cl)cc1. The number of nitrogens with one attached hydrogen (secondary N) is 2. The van der Waals surface area contributed by atoms with Gasteiger partial charge in [-0.25, -0.2) is 14.6 Å². The van der Waals surface area contributed by atoms with E-state index in [1.54, 1.807) is 23.7 Å².